The summed E-state index contributed by atoms with van der Waals surface area (Å²) >= 11 is 0. The lowest BCUT2D eigenvalue weighted by atomic mass is 9.97. The van der Waals surface area contributed by atoms with Crippen LogP contribution in [-0.4, -0.2) is 53.1 Å². The molecule has 0 unspecified atom stereocenters. The first-order valence-corrected chi connectivity index (χ1v) is 6.85. The van der Waals surface area contributed by atoms with Gasteiger partial charge in [0, 0.05) is 32.1 Å². The van der Waals surface area contributed by atoms with Crippen molar-refractivity contribution in [2.45, 2.75) is 32.6 Å². The minimum Gasteiger partial charge on any atom is -0.481 e. The molecule has 2 rings (SSSR count). The summed E-state index contributed by atoms with van der Waals surface area (Å²) in [6, 6.07) is 0.102. The van der Waals surface area contributed by atoms with Gasteiger partial charge in [0.05, 0.1) is 6.42 Å². The Morgan fingerprint density at radius 1 is 1.28 bits per heavy atom. The number of amides is 2. The number of hydrogen-bond donors (Lipinski definition) is 1. The average molecular weight is 254 g/mol. The molecule has 2 amide bonds. The monoisotopic (exact) mass is 254 g/mol. The largest absolute Gasteiger partial charge is 0.481 e. The summed E-state index contributed by atoms with van der Waals surface area (Å²) in [5.74, 6) is 0.0861. The van der Waals surface area contributed by atoms with Crippen LogP contribution in [0.5, 0.6) is 0 Å². The molecule has 0 atom stereocenters. The van der Waals surface area contributed by atoms with Crippen LogP contribution < -0.4 is 0 Å². The van der Waals surface area contributed by atoms with Crippen LogP contribution in [0.2, 0.25) is 0 Å². The molecule has 0 aromatic carbocycles. The minimum absolute atomic E-state index is 0.102. The second kappa shape index (κ2) is 5.59. The standard InChI is InChI=1S/C13H22N2O3/c1-2-5-14(7-10-3-4-10)13(18)15-8-11(9-15)6-12(16)17/h10-11H,2-9H2,1H3,(H,16,17). The van der Waals surface area contributed by atoms with Crippen LogP contribution in [0.4, 0.5) is 4.79 Å². The molecule has 1 N–H and O–H groups in total. The molecule has 18 heavy (non-hydrogen) atoms. The number of nitrogens with zero attached hydrogens (tertiary/aromatic N) is 2. The first-order valence-electron chi connectivity index (χ1n) is 6.85. The van der Waals surface area contributed by atoms with Crippen LogP contribution in [0.3, 0.4) is 0 Å². The number of carbonyl (C=O) groups is 2. The molecule has 0 bridgehead atoms. The maximum Gasteiger partial charge on any atom is 0.320 e. The highest BCUT2D eigenvalue weighted by atomic mass is 16.4. The van der Waals surface area contributed by atoms with E-state index in [2.05, 4.69) is 6.92 Å². The highest BCUT2D eigenvalue weighted by molar-refractivity contribution is 5.76. The van der Waals surface area contributed by atoms with Crippen molar-refractivity contribution in [3.63, 3.8) is 0 Å². The van der Waals surface area contributed by atoms with Crippen molar-refractivity contribution in [3.8, 4) is 0 Å². The van der Waals surface area contributed by atoms with Crippen molar-refractivity contribution in [1.82, 2.24) is 9.80 Å². The minimum atomic E-state index is -0.768. The van der Waals surface area contributed by atoms with Gasteiger partial charge in [-0.2, -0.15) is 0 Å². The van der Waals surface area contributed by atoms with E-state index >= 15 is 0 Å². The van der Waals surface area contributed by atoms with Gasteiger partial charge in [-0.1, -0.05) is 6.92 Å². The smallest absolute Gasteiger partial charge is 0.320 e. The van der Waals surface area contributed by atoms with Gasteiger partial charge in [-0.25, -0.2) is 4.79 Å². The summed E-state index contributed by atoms with van der Waals surface area (Å²) in [6.45, 7) is 4.99. The fraction of sp³-hybridized carbons (Fsp3) is 0.846. The summed E-state index contributed by atoms with van der Waals surface area (Å²) in [4.78, 5) is 26.5. The molecular formula is C13H22N2O3. The van der Waals surface area contributed by atoms with E-state index in [1.54, 1.807) is 4.90 Å². The molecule has 1 aliphatic carbocycles. The third-order valence-corrected chi connectivity index (χ3v) is 3.63. The van der Waals surface area contributed by atoms with Crippen molar-refractivity contribution in [2.24, 2.45) is 11.8 Å². The Kier molecular flexibility index (Phi) is 4.09. The number of carboxylic acids is 1. The maximum atomic E-state index is 12.2. The van der Waals surface area contributed by atoms with E-state index in [9.17, 15) is 9.59 Å². The molecule has 0 aromatic heterocycles. The summed E-state index contributed by atoms with van der Waals surface area (Å²) in [5.41, 5.74) is 0. The van der Waals surface area contributed by atoms with E-state index in [0.29, 0.717) is 19.0 Å². The van der Waals surface area contributed by atoms with E-state index in [4.69, 9.17) is 5.11 Å². The Hall–Kier alpha value is -1.26. The van der Waals surface area contributed by atoms with Gasteiger partial charge >= 0.3 is 12.0 Å². The Morgan fingerprint density at radius 2 is 1.94 bits per heavy atom. The van der Waals surface area contributed by atoms with Gasteiger partial charge in [0.15, 0.2) is 0 Å². The lowest BCUT2D eigenvalue weighted by Crippen LogP contribution is -2.55. The first kappa shape index (κ1) is 13.2. The predicted octanol–water partition coefficient (Wildman–Crippen LogP) is 1.63. The fourth-order valence-corrected chi connectivity index (χ4v) is 2.45. The van der Waals surface area contributed by atoms with Gasteiger partial charge in [-0.3, -0.25) is 4.79 Å². The van der Waals surface area contributed by atoms with Crippen LogP contribution in [0.15, 0.2) is 0 Å². The van der Waals surface area contributed by atoms with Crippen LogP contribution in [0, 0.1) is 11.8 Å². The predicted molar refractivity (Wildman–Crippen MR) is 67.3 cm³/mol. The highest BCUT2D eigenvalue weighted by Gasteiger charge is 2.35. The molecule has 0 radical (unpaired) electrons. The van der Waals surface area contributed by atoms with Gasteiger partial charge in [-0.15, -0.1) is 0 Å². The zero-order chi connectivity index (χ0) is 13.1. The average Bonchev–Trinajstić information content (AvgIpc) is 3.05. The second-order valence-electron chi connectivity index (χ2n) is 5.54. The van der Waals surface area contributed by atoms with Gasteiger partial charge in [-0.05, 0) is 25.2 Å². The number of likely N-dealkylation sites (tertiary alicyclic amines) is 1. The van der Waals surface area contributed by atoms with Gasteiger partial charge in [0.25, 0.3) is 0 Å². The van der Waals surface area contributed by atoms with Crippen LogP contribution >= 0.6 is 0 Å². The number of aliphatic carboxylic acids is 1. The molecule has 5 nitrogen and oxygen atoms in total. The molecular weight excluding hydrogens is 232 g/mol. The van der Waals surface area contributed by atoms with E-state index in [1.165, 1.54) is 12.8 Å². The molecule has 0 aromatic rings. The van der Waals surface area contributed by atoms with Crippen molar-refractivity contribution in [1.29, 1.82) is 0 Å². The Bertz CT molecular complexity index is 322. The number of urea groups is 1. The maximum absolute atomic E-state index is 12.2. The molecule has 1 saturated carbocycles. The summed E-state index contributed by atoms with van der Waals surface area (Å²) in [6.07, 6.45) is 3.65. The van der Waals surface area contributed by atoms with Crippen molar-refractivity contribution >= 4 is 12.0 Å². The second-order valence-corrected chi connectivity index (χ2v) is 5.54. The Labute approximate surface area is 108 Å². The molecule has 102 valence electrons. The molecule has 1 aliphatic heterocycles. The van der Waals surface area contributed by atoms with Crippen molar-refractivity contribution < 1.29 is 14.7 Å². The molecule has 0 spiro atoms. The summed E-state index contributed by atoms with van der Waals surface area (Å²) in [7, 11) is 0. The quantitative estimate of drug-likeness (QED) is 0.783. The molecule has 2 aliphatic rings. The van der Waals surface area contributed by atoms with Gasteiger partial charge in [0.2, 0.25) is 0 Å². The van der Waals surface area contributed by atoms with Gasteiger partial charge in [0.1, 0.15) is 0 Å². The normalized spacial score (nSPS) is 19.5. The highest BCUT2D eigenvalue weighted by Crippen LogP contribution is 2.30. The molecule has 1 heterocycles. The van der Waals surface area contributed by atoms with Crippen LogP contribution in [0.1, 0.15) is 32.6 Å². The zero-order valence-electron chi connectivity index (χ0n) is 11.0. The molecule has 5 heteroatoms. The lowest BCUT2D eigenvalue weighted by molar-refractivity contribution is -0.139. The van der Waals surface area contributed by atoms with E-state index in [0.717, 1.165) is 19.5 Å². The van der Waals surface area contributed by atoms with E-state index in [1.807, 2.05) is 4.90 Å². The molecule has 2 fully saturated rings. The summed E-state index contributed by atoms with van der Waals surface area (Å²) in [5, 5.41) is 8.68. The van der Waals surface area contributed by atoms with E-state index in [-0.39, 0.29) is 18.4 Å². The van der Waals surface area contributed by atoms with Crippen molar-refractivity contribution in [3.05, 3.63) is 0 Å². The third-order valence-electron chi connectivity index (χ3n) is 3.63. The fourth-order valence-electron chi connectivity index (χ4n) is 2.45. The van der Waals surface area contributed by atoms with Crippen molar-refractivity contribution in [2.75, 3.05) is 26.2 Å². The number of carbonyl (C=O) groups excluding carboxylic acids is 1. The topological polar surface area (TPSA) is 60.9 Å². The number of carboxylic acid groups (broad SMARTS) is 1. The Morgan fingerprint density at radius 3 is 2.44 bits per heavy atom. The van der Waals surface area contributed by atoms with E-state index < -0.39 is 5.97 Å². The van der Waals surface area contributed by atoms with Gasteiger partial charge < -0.3 is 14.9 Å². The lowest BCUT2D eigenvalue weighted by Gasteiger charge is -2.41. The zero-order valence-corrected chi connectivity index (χ0v) is 11.0. The van der Waals surface area contributed by atoms with Crippen LogP contribution in [-0.2, 0) is 4.79 Å². The third kappa shape index (κ3) is 3.37. The molecule has 1 saturated heterocycles. The van der Waals surface area contributed by atoms with Crippen LogP contribution in [0.25, 0.3) is 0 Å². The Balaban J connectivity index is 1.76. The summed E-state index contributed by atoms with van der Waals surface area (Å²) < 4.78 is 0. The first-order chi connectivity index (χ1) is 8.60. The number of hydrogen-bond acceptors (Lipinski definition) is 2. The number of rotatable bonds is 6. The SMILES string of the molecule is CCCN(CC1CC1)C(=O)N1CC(CC(=O)O)C1.